The Hall–Kier alpha value is 0.755. The topological polar surface area (TPSA) is 46.2 Å². The maximum absolute atomic E-state index is 6.50. The summed E-state index contributed by atoms with van der Waals surface area (Å²) in [6, 6.07) is 0. The second-order valence-electron chi connectivity index (χ2n) is 1.18. The van der Waals surface area contributed by atoms with Gasteiger partial charge in [0, 0.05) is 5.33 Å². The third-order valence-electron chi connectivity index (χ3n) is 0.588. The van der Waals surface area contributed by atoms with Crippen molar-refractivity contribution in [3.63, 3.8) is 0 Å². The summed E-state index contributed by atoms with van der Waals surface area (Å²) in [5, 5.41) is 7.59. The number of hydrogen-bond donors (Lipinski definition) is 2. The lowest BCUT2D eigenvalue weighted by atomic mass is 10.3. The van der Waals surface area contributed by atoms with Gasteiger partial charge in [-0.1, -0.05) is 15.9 Å². The van der Waals surface area contributed by atoms with Gasteiger partial charge in [-0.3, -0.25) is 0 Å². The Labute approximate surface area is 72.2 Å². The first-order chi connectivity index (χ1) is 3.91. The predicted octanol–water partition coefficient (Wildman–Crippen LogP) is 0.604. The summed E-state index contributed by atoms with van der Waals surface area (Å²) in [4.78, 5) is 0. The molecule has 0 saturated heterocycles. The van der Waals surface area contributed by atoms with Gasteiger partial charge in [-0.25, -0.2) is 0 Å². The van der Waals surface area contributed by atoms with Crippen molar-refractivity contribution < 1.29 is 5.02 Å². The minimum absolute atomic E-state index is 0. The molecule has 0 atom stereocenters. The molecule has 0 bridgehead atoms. The van der Waals surface area contributed by atoms with Crippen molar-refractivity contribution in [3.8, 4) is 0 Å². The Morgan fingerprint density at radius 3 is 1.89 bits per heavy atom. The van der Waals surface area contributed by atoms with Crippen LogP contribution in [0.3, 0.4) is 0 Å². The van der Waals surface area contributed by atoms with E-state index >= 15 is 0 Å². The van der Waals surface area contributed by atoms with Gasteiger partial charge >= 0.3 is 0 Å². The first kappa shape index (κ1) is 16.4. The van der Waals surface area contributed by atoms with E-state index in [1.807, 2.05) is 0 Å². The molecule has 0 heterocycles. The molecule has 0 aromatic carbocycles. The van der Waals surface area contributed by atoms with Crippen molar-refractivity contribution in [2.45, 2.75) is 12.8 Å². The summed E-state index contributed by atoms with van der Waals surface area (Å²) in [6.07, 6.45) is 2.35. The van der Waals surface area contributed by atoms with Gasteiger partial charge < -0.3 is 10.8 Å². The minimum Gasteiger partial charge on any atom is -0.461 e. The highest BCUT2D eigenvalue weighted by atomic mass is 79.9. The summed E-state index contributed by atoms with van der Waals surface area (Å²) in [5.41, 5.74) is 5.19. The molecular formula is C4H12BBrClNO. The SMILES string of the molecule is Cl.NCCCCBr.[B]O. The molecule has 0 spiro atoms. The third-order valence-corrected chi connectivity index (χ3v) is 1.15. The standard InChI is InChI=1S/C4H10BrN.BHO.ClH/c5-3-1-2-4-6;1-2;/h1-4,6H2;2H;1H. The molecular weight excluding hydrogens is 204 g/mol. The van der Waals surface area contributed by atoms with Gasteiger partial charge in [0.05, 0.1) is 0 Å². The average Bonchev–Trinajstić information content (AvgIpc) is 1.88. The number of alkyl halides is 1. The number of unbranched alkanes of at least 4 members (excludes halogenated alkanes) is 1. The van der Waals surface area contributed by atoms with Gasteiger partial charge in [0.1, 0.15) is 0 Å². The third kappa shape index (κ3) is 28.3. The first-order valence-electron chi connectivity index (χ1n) is 2.43. The van der Waals surface area contributed by atoms with E-state index in [0.29, 0.717) is 0 Å². The molecule has 0 fully saturated rings. The summed E-state index contributed by atoms with van der Waals surface area (Å²) in [6.45, 7) is 0.825. The van der Waals surface area contributed by atoms with Crippen LogP contribution in [0.1, 0.15) is 12.8 Å². The van der Waals surface area contributed by atoms with Crippen molar-refractivity contribution >= 4 is 36.4 Å². The molecule has 2 radical (unpaired) electrons. The number of rotatable bonds is 3. The fraction of sp³-hybridized carbons (Fsp3) is 1.00. The van der Waals surface area contributed by atoms with Crippen LogP contribution in [0, 0.1) is 0 Å². The van der Waals surface area contributed by atoms with Crippen molar-refractivity contribution in [2.75, 3.05) is 11.9 Å². The first-order valence-corrected chi connectivity index (χ1v) is 3.56. The Morgan fingerprint density at radius 2 is 1.78 bits per heavy atom. The van der Waals surface area contributed by atoms with Crippen molar-refractivity contribution in [1.29, 1.82) is 0 Å². The lowest BCUT2D eigenvalue weighted by Gasteiger charge is -1.85. The molecule has 0 amide bonds. The largest absolute Gasteiger partial charge is 0.461 e. The van der Waals surface area contributed by atoms with E-state index in [9.17, 15) is 0 Å². The summed E-state index contributed by atoms with van der Waals surface area (Å²) < 4.78 is 0. The Balaban J connectivity index is -0.000000109. The normalized spacial score (nSPS) is 6.56. The van der Waals surface area contributed by atoms with E-state index in [0.717, 1.165) is 18.3 Å². The van der Waals surface area contributed by atoms with Gasteiger partial charge in [0.2, 0.25) is 0 Å². The zero-order valence-corrected chi connectivity index (χ0v) is 7.62. The highest BCUT2D eigenvalue weighted by Gasteiger charge is 1.76. The van der Waals surface area contributed by atoms with Crippen molar-refractivity contribution in [3.05, 3.63) is 0 Å². The molecule has 2 nitrogen and oxygen atoms in total. The van der Waals surface area contributed by atoms with Crippen LogP contribution in [-0.2, 0) is 0 Å². The maximum Gasteiger partial charge on any atom is 0.277 e. The lowest BCUT2D eigenvalue weighted by molar-refractivity contribution is 0.629. The summed E-state index contributed by atoms with van der Waals surface area (Å²) in [7, 11) is 3.50. The van der Waals surface area contributed by atoms with Gasteiger partial charge in [-0.15, -0.1) is 12.4 Å². The van der Waals surface area contributed by atoms with Crippen LogP contribution in [0.15, 0.2) is 0 Å². The zero-order chi connectivity index (χ0) is 6.83. The van der Waals surface area contributed by atoms with Crippen molar-refractivity contribution in [1.82, 2.24) is 0 Å². The Morgan fingerprint density at radius 1 is 1.33 bits per heavy atom. The van der Waals surface area contributed by atoms with E-state index in [4.69, 9.17) is 10.8 Å². The summed E-state index contributed by atoms with van der Waals surface area (Å²) in [5.74, 6) is 0. The molecule has 5 heteroatoms. The van der Waals surface area contributed by atoms with E-state index in [-0.39, 0.29) is 12.4 Å². The fourth-order valence-corrected chi connectivity index (χ4v) is 0.635. The van der Waals surface area contributed by atoms with Crippen LogP contribution < -0.4 is 5.73 Å². The van der Waals surface area contributed by atoms with Gasteiger partial charge in [0.15, 0.2) is 0 Å². The zero-order valence-electron chi connectivity index (χ0n) is 5.22. The van der Waals surface area contributed by atoms with E-state index < -0.39 is 0 Å². The van der Waals surface area contributed by atoms with Gasteiger partial charge in [0.25, 0.3) is 8.05 Å². The molecule has 0 saturated carbocycles. The summed E-state index contributed by atoms with van der Waals surface area (Å²) >= 11 is 3.29. The van der Waals surface area contributed by atoms with Crippen LogP contribution in [0.2, 0.25) is 0 Å². The molecule has 0 aromatic heterocycles. The number of nitrogens with two attached hydrogens (primary N) is 1. The molecule has 9 heavy (non-hydrogen) atoms. The lowest BCUT2D eigenvalue weighted by Crippen LogP contribution is -1.97. The second kappa shape index (κ2) is 23.3. The molecule has 0 aliphatic rings. The average molecular weight is 216 g/mol. The molecule has 0 unspecified atom stereocenters. The van der Waals surface area contributed by atoms with E-state index in [2.05, 4.69) is 24.0 Å². The molecule has 0 aliphatic carbocycles. The molecule has 0 aliphatic heterocycles. The predicted molar refractivity (Wildman–Crippen MR) is 47.3 cm³/mol. The van der Waals surface area contributed by atoms with E-state index in [1.165, 1.54) is 6.42 Å². The maximum atomic E-state index is 6.50. The van der Waals surface area contributed by atoms with Crippen molar-refractivity contribution in [2.24, 2.45) is 5.73 Å². The molecule has 0 rings (SSSR count). The van der Waals surface area contributed by atoms with E-state index in [1.54, 1.807) is 0 Å². The van der Waals surface area contributed by atoms with Crippen LogP contribution in [-0.4, -0.2) is 24.9 Å². The van der Waals surface area contributed by atoms with Crippen LogP contribution in [0.25, 0.3) is 0 Å². The van der Waals surface area contributed by atoms with Gasteiger partial charge in [-0.05, 0) is 19.4 Å². The molecule has 3 N–H and O–H groups in total. The Kier molecular flexibility index (Phi) is 42.4. The Bertz CT molecular complexity index is 32.5. The minimum atomic E-state index is 0. The number of halogens is 2. The van der Waals surface area contributed by atoms with Crippen LogP contribution in [0.4, 0.5) is 0 Å². The second-order valence-corrected chi connectivity index (χ2v) is 1.98. The van der Waals surface area contributed by atoms with Gasteiger partial charge in [-0.2, -0.15) is 0 Å². The highest BCUT2D eigenvalue weighted by Crippen LogP contribution is 1.89. The van der Waals surface area contributed by atoms with Crippen LogP contribution in [0.5, 0.6) is 0 Å². The van der Waals surface area contributed by atoms with Crippen LogP contribution >= 0.6 is 28.3 Å². The fourth-order valence-electron chi connectivity index (χ4n) is 0.239. The monoisotopic (exact) mass is 215 g/mol. The highest BCUT2D eigenvalue weighted by molar-refractivity contribution is 9.09. The number of hydrogen-bond acceptors (Lipinski definition) is 2. The smallest absolute Gasteiger partial charge is 0.277 e. The molecule has 56 valence electrons. The quantitative estimate of drug-likeness (QED) is 0.412. The molecule has 0 aromatic rings.